The van der Waals surface area contributed by atoms with Gasteiger partial charge in [-0.15, -0.1) is 11.3 Å². The molecule has 0 aliphatic carbocycles. The predicted octanol–water partition coefficient (Wildman–Crippen LogP) is 2.60. The molecule has 3 saturated heterocycles. The number of esters is 1. The lowest BCUT2D eigenvalue weighted by atomic mass is 9.84. The second-order valence-corrected chi connectivity index (χ2v) is 20.7. The summed E-state index contributed by atoms with van der Waals surface area (Å²) in [7, 11) is 1.42. The Morgan fingerprint density at radius 2 is 1.86 bits per heavy atom. The molecular formula is C50H63N9O9S. The van der Waals surface area contributed by atoms with Gasteiger partial charge < -0.3 is 39.4 Å². The molecule has 0 saturated carbocycles. The Balaban J connectivity index is 1.08. The molecule has 19 heteroatoms. The average molecular weight is 966 g/mol. The molecule has 18 nitrogen and oxygen atoms in total. The summed E-state index contributed by atoms with van der Waals surface area (Å²) in [5.41, 5.74) is 3.44. The van der Waals surface area contributed by atoms with Gasteiger partial charge in [0.05, 0.1) is 49.3 Å². The third-order valence-electron chi connectivity index (χ3n) is 13.5. The number of carbonyl (C=O) groups excluding carboxylic acids is 5. The van der Waals surface area contributed by atoms with E-state index in [0.29, 0.717) is 56.5 Å². The minimum absolute atomic E-state index is 0.0316. The molecule has 0 unspecified atom stereocenters. The fourth-order valence-corrected chi connectivity index (χ4v) is 10.8. The highest BCUT2D eigenvalue weighted by molar-refractivity contribution is 7.10. The lowest BCUT2D eigenvalue weighted by molar-refractivity contribution is -0.189. The number of likely N-dealkylation sites (N-methyl/N-ethyl adjacent to an activating group) is 1. The largest absolute Gasteiger partial charge is 0.462 e. The van der Waals surface area contributed by atoms with Crippen LogP contribution in [0.25, 0.3) is 33.4 Å². The molecule has 4 atom stereocenters. The van der Waals surface area contributed by atoms with Gasteiger partial charge in [-0.2, -0.15) is 5.43 Å². The van der Waals surface area contributed by atoms with Crippen molar-refractivity contribution in [2.45, 2.75) is 96.7 Å². The van der Waals surface area contributed by atoms with Gasteiger partial charge in [0.1, 0.15) is 12.1 Å². The SMILES string of the molecule is CCn1c(-c2cccnc2)c2c3cc(ccc31)-c1csc(n1)C[C@H](NC(=O)[C@H](C(C)C)N(C)C(=O)[C@@]1(O)CCN(C(=O)C#CCN3CCOCC3)C1)C(=O)N1CCC[C@@](O)(N1)C(=O)OCC(C)(C)C2. The molecule has 3 fully saturated rings. The monoisotopic (exact) mass is 965 g/mol. The van der Waals surface area contributed by atoms with E-state index in [1.807, 2.05) is 43.6 Å². The number of pyridine rings is 1. The number of morpholine rings is 1. The van der Waals surface area contributed by atoms with E-state index >= 15 is 0 Å². The highest BCUT2D eigenvalue weighted by atomic mass is 32.1. The van der Waals surface area contributed by atoms with Crippen LogP contribution in [0.3, 0.4) is 0 Å². The highest BCUT2D eigenvalue weighted by Gasteiger charge is 2.49. The van der Waals surface area contributed by atoms with Gasteiger partial charge in [0, 0.05) is 104 Å². The molecule has 69 heavy (non-hydrogen) atoms. The third-order valence-corrected chi connectivity index (χ3v) is 14.4. The quantitative estimate of drug-likeness (QED) is 0.148. The Morgan fingerprint density at radius 3 is 2.58 bits per heavy atom. The highest BCUT2D eigenvalue weighted by Crippen LogP contribution is 2.40. The summed E-state index contributed by atoms with van der Waals surface area (Å²) in [6.07, 6.45) is 4.18. The van der Waals surface area contributed by atoms with Gasteiger partial charge >= 0.3 is 5.97 Å². The number of benzene rings is 1. The molecule has 8 rings (SSSR count). The van der Waals surface area contributed by atoms with E-state index in [0.717, 1.165) is 38.3 Å². The second kappa shape index (κ2) is 20.3. The van der Waals surface area contributed by atoms with E-state index in [-0.39, 0.29) is 51.9 Å². The Hall–Kier alpha value is -5.75. The molecule has 6 bridgehead atoms. The first kappa shape index (κ1) is 49.7. The Morgan fingerprint density at radius 1 is 1.07 bits per heavy atom. The number of hydrazine groups is 1. The summed E-state index contributed by atoms with van der Waals surface area (Å²) in [6, 6.07) is 7.70. The van der Waals surface area contributed by atoms with Crippen molar-refractivity contribution in [1.29, 1.82) is 0 Å². The van der Waals surface area contributed by atoms with E-state index in [9.17, 15) is 34.2 Å². The topological polar surface area (TPSA) is 212 Å². The van der Waals surface area contributed by atoms with Gasteiger partial charge in [-0.3, -0.25) is 34.1 Å². The van der Waals surface area contributed by atoms with Gasteiger partial charge in [-0.1, -0.05) is 39.7 Å². The third kappa shape index (κ3) is 10.6. The van der Waals surface area contributed by atoms with E-state index in [1.54, 1.807) is 20.0 Å². The smallest absolute Gasteiger partial charge is 0.355 e. The average Bonchev–Trinajstić information content (AvgIpc) is 4.06. The number of aliphatic hydroxyl groups is 2. The zero-order chi connectivity index (χ0) is 49.3. The molecule has 4 aromatic rings. The van der Waals surface area contributed by atoms with Gasteiger partial charge in [0.15, 0.2) is 5.60 Å². The zero-order valence-corrected chi connectivity index (χ0v) is 41.1. The summed E-state index contributed by atoms with van der Waals surface area (Å²) < 4.78 is 13.5. The van der Waals surface area contributed by atoms with Crippen molar-refractivity contribution in [1.82, 2.24) is 45.0 Å². The number of aryl methyl sites for hydroxylation is 1. The molecule has 7 heterocycles. The van der Waals surface area contributed by atoms with Gasteiger partial charge in [0.25, 0.3) is 17.7 Å². The summed E-state index contributed by atoms with van der Waals surface area (Å²) in [4.78, 5) is 84.4. The number of carbonyl (C=O) groups is 5. The maximum Gasteiger partial charge on any atom is 0.355 e. The number of ether oxygens (including phenoxy) is 2. The number of likely N-dealkylation sites (tertiary alicyclic amines) is 1. The van der Waals surface area contributed by atoms with E-state index in [1.165, 1.54) is 28.2 Å². The lowest BCUT2D eigenvalue weighted by Crippen LogP contribution is -2.67. The van der Waals surface area contributed by atoms with Crippen LogP contribution < -0.4 is 10.7 Å². The molecule has 0 radical (unpaired) electrons. The molecule has 4 N–H and O–H groups in total. The molecule has 4 amide bonds. The number of nitrogens with one attached hydrogen (secondary N) is 2. The number of hydrogen-bond donors (Lipinski definition) is 4. The van der Waals surface area contributed by atoms with Crippen LogP contribution in [0.4, 0.5) is 0 Å². The van der Waals surface area contributed by atoms with Crippen LogP contribution in [0.15, 0.2) is 48.1 Å². The standard InChI is InChI=1S/C50H63N9O9S/c1-7-58-39-14-13-33-25-35(39)36(43(58)34-11-8-17-51-28-34)27-48(4,5)31-68-47(64)50(66)15-10-19-59(54-50)45(62)37(26-40-52-38(33)29-69-40)53-44(61)42(32(2)3)55(6)46(63)49(65)16-20-57(30-49)41(60)12-9-18-56-21-23-67-24-22-56/h8,11,13-14,17,25,28-29,32,37,42,54,65-66H,7,10,15-16,18-24,26-27,30-31H2,1-6H3,(H,53,61)/t37-,42-,49+,50-/m0/s1. The number of amides is 4. The summed E-state index contributed by atoms with van der Waals surface area (Å²) in [5.74, 6) is 1.54. The number of thiazole rings is 1. The van der Waals surface area contributed by atoms with E-state index in [2.05, 4.69) is 56.1 Å². The van der Waals surface area contributed by atoms with Crippen LogP contribution in [0, 0.1) is 23.2 Å². The summed E-state index contributed by atoms with van der Waals surface area (Å²) >= 11 is 1.33. The van der Waals surface area contributed by atoms with Crippen LogP contribution in [0.2, 0.25) is 0 Å². The Labute approximate surface area is 406 Å². The van der Waals surface area contributed by atoms with Crippen LogP contribution >= 0.6 is 11.3 Å². The molecule has 3 aromatic heterocycles. The zero-order valence-electron chi connectivity index (χ0n) is 40.2. The van der Waals surface area contributed by atoms with Crippen LogP contribution in [-0.4, -0.2) is 164 Å². The number of rotatable bonds is 8. The maximum absolute atomic E-state index is 14.7. The normalized spacial score (nSPS) is 23.8. The number of β-amino-alcohol motifs (C(OH)–C–C–N with tert-alkyl or cyclic N) is 1. The van der Waals surface area contributed by atoms with Crippen molar-refractivity contribution in [2.24, 2.45) is 11.3 Å². The van der Waals surface area contributed by atoms with E-state index in [4.69, 9.17) is 14.5 Å². The van der Waals surface area contributed by atoms with Crippen molar-refractivity contribution in [3.63, 3.8) is 0 Å². The number of fused-ring (bicyclic) bond motifs is 6. The van der Waals surface area contributed by atoms with Crippen LogP contribution in [0.1, 0.15) is 64.5 Å². The number of hydrogen-bond acceptors (Lipinski definition) is 14. The molecule has 1 aromatic carbocycles. The van der Waals surface area contributed by atoms with E-state index < -0.39 is 64.3 Å². The van der Waals surface area contributed by atoms with Crippen LogP contribution in [0.5, 0.6) is 0 Å². The number of aromatic nitrogens is 3. The fourth-order valence-electron chi connectivity index (χ4n) is 9.92. The minimum Gasteiger partial charge on any atom is -0.462 e. The second-order valence-electron chi connectivity index (χ2n) is 19.7. The first-order chi connectivity index (χ1) is 32.9. The molecular weight excluding hydrogens is 903 g/mol. The maximum atomic E-state index is 14.7. The predicted molar refractivity (Wildman–Crippen MR) is 258 cm³/mol. The molecule has 4 aliphatic heterocycles. The van der Waals surface area contributed by atoms with Crippen molar-refractivity contribution in [3.05, 3.63) is 58.7 Å². The van der Waals surface area contributed by atoms with Crippen LogP contribution in [-0.2, 0) is 52.8 Å². The molecule has 0 spiro atoms. The first-order valence-corrected chi connectivity index (χ1v) is 24.7. The first-order valence-electron chi connectivity index (χ1n) is 23.8. The number of cyclic esters (lactones) is 1. The molecule has 368 valence electrons. The van der Waals surface area contributed by atoms with Crippen molar-refractivity contribution in [2.75, 3.05) is 66.1 Å². The lowest BCUT2D eigenvalue weighted by Gasteiger charge is -2.40. The van der Waals surface area contributed by atoms with Gasteiger partial charge in [-0.25, -0.2) is 9.78 Å². The Kier molecular flexibility index (Phi) is 14.6. The van der Waals surface area contributed by atoms with Crippen molar-refractivity contribution >= 4 is 51.8 Å². The fraction of sp³-hybridized carbons (Fsp3) is 0.540. The van der Waals surface area contributed by atoms with Gasteiger partial charge in [-0.05, 0) is 61.4 Å². The van der Waals surface area contributed by atoms with Gasteiger partial charge in [0.2, 0.25) is 11.6 Å². The molecule has 4 aliphatic rings. The van der Waals surface area contributed by atoms with Crippen molar-refractivity contribution in [3.8, 4) is 34.4 Å². The summed E-state index contributed by atoms with van der Waals surface area (Å²) in [5, 5.41) is 31.0. The number of nitrogens with zero attached hydrogens (tertiary/aromatic N) is 7. The minimum atomic E-state index is -2.25. The Bertz CT molecular complexity index is 2650. The van der Waals surface area contributed by atoms with Crippen molar-refractivity contribution < 1.29 is 43.7 Å². The summed E-state index contributed by atoms with van der Waals surface area (Å²) in [6.45, 7) is 13.2.